The van der Waals surface area contributed by atoms with E-state index in [4.69, 9.17) is 4.74 Å². The van der Waals surface area contributed by atoms with Crippen LogP contribution in [0.2, 0.25) is 0 Å². The number of ether oxygens (including phenoxy) is 1. The Kier molecular flexibility index (Phi) is 11.8. The highest BCUT2D eigenvalue weighted by Crippen LogP contribution is 2.51. The van der Waals surface area contributed by atoms with Gasteiger partial charge in [0.15, 0.2) is 0 Å². The number of hydrogen-bond donors (Lipinski definition) is 3. The molecule has 4 nitrogen and oxygen atoms in total. The maximum absolute atomic E-state index is 11.0. The van der Waals surface area contributed by atoms with Crippen LogP contribution in [0.5, 0.6) is 5.75 Å². The lowest BCUT2D eigenvalue weighted by atomic mass is 9.67. The van der Waals surface area contributed by atoms with Crippen LogP contribution in [-0.4, -0.2) is 35.1 Å². The normalized spacial score (nSPS) is 14.3. The summed E-state index contributed by atoms with van der Waals surface area (Å²) in [5, 5.41) is 33.1. The van der Waals surface area contributed by atoms with Gasteiger partial charge in [-0.1, -0.05) is 118 Å². The van der Waals surface area contributed by atoms with Crippen molar-refractivity contribution in [2.45, 2.75) is 150 Å². The molecule has 244 valence electrons. The van der Waals surface area contributed by atoms with E-state index in [0.29, 0.717) is 0 Å². The van der Waals surface area contributed by atoms with E-state index in [1.165, 1.54) is 11.1 Å². The first-order chi connectivity index (χ1) is 19.8. The first kappa shape index (κ1) is 37.3. The van der Waals surface area contributed by atoms with Gasteiger partial charge in [0.25, 0.3) is 0 Å². The van der Waals surface area contributed by atoms with Gasteiger partial charge in [-0.15, -0.1) is 0 Å². The van der Waals surface area contributed by atoms with Crippen molar-refractivity contribution in [3.05, 3.63) is 63.2 Å². The average molecular weight is 597 g/mol. The van der Waals surface area contributed by atoms with Crippen molar-refractivity contribution in [1.82, 2.24) is 0 Å². The van der Waals surface area contributed by atoms with E-state index < -0.39 is 31.3 Å². The van der Waals surface area contributed by atoms with Crippen LogP contribution >= 0.6 is 0 Å². The minimum absolute atomic E-state index is 0.185. The lowest BCUT2D eigenvalue weighted by Crippen LogP contribution is -2.45. The number of aliphatic hydroxyl groups excluding tert-OH is 3. The molecule has 0 spiro atoms. The molecule has 0 saturated heterocycles. The minimum Gasteiger partial charge on any atom is -0.484 e. The van der Waals surface area contributed by atoms with Crippen LogP contribution in [0.15, 0.2) is 24.3 Å². The summed E-state index contributed by atoms with van der Waals surface area (Å²) in [5.41, 5.74) is 5.78. The van der Waals surface area contributed by atoms with Gasteiger partial charge in [0.1, 0.15) is 11.9 Å². The van der Waals surface area contributed by atoms with Crippen molar-refractivity contribution >= 4 is 0 Å². The Morgan fingerprint density at radius 1 is 0.535 bits per heavy atom. The van der Waals surface area contributed by atoms with Crippen LogP contribution in [-0.2, 0) is 21.7 Å². The molecule has 0 aliphatic rings. The topological polar surface area (TPSA) is 69.9 Å². The van der Waals surface area contributed by atoms with Crippen molar-refractivity contribution in [2.75, 3.05) is 19.8 Å². The Hall–Kier alpha value is -1.88. The van der Waals surface area contributed by atoms with Gasteiger partial charge in [-0.2, -0.15) is 0 Å². The van der Waals surface area contributed by atoms with E-state index in [1.54, 1.807) is 0 Å². The summed E-state index contributed by atoms with van der Waals surface area (Å²) in [6.45, 7) is 29.9. The molecule has 0 heterocycles. The molecule has 1 atom stereocenters. The molecule has 0 aliphatic heterocycles. The average Bonchev–Trinajstić information content (AvgIpc) is 2.97. The third-order valence-corrected chi connectivity index (χ3v) is 11.0. The van der Waals surface area contributed by atoms with Gasteiger partial charge in [0.2, 0.25) is 0 Å². The predicted molar refractivity (Wildman–Crippen MR) is 183 cm³/mol. The second-order valence-electron chi connectivity index (χ2n) is 15.7. The van der Waals surface area contributed by atoms with E-state index in [1.807, 2.05) is 0 Å². The fourth-order valence-electron chi connectivity index (χ4n) is 5.87. The molecule has 2 aromatic carbocycles. The Bertz CT molecular complexity index is 1150. The first-order valence-electron chi connectivity index (χ1n) is 16.6. The molecule has 0 fully saturated rings. The summed E-state index contributed by atoms with van der Waals surface area (Å²) in [5.74, 6) is 0.815. The molecule has 0 saturated carbocycles. The molecule has 2 rings (SSSR count). The second-order valence-corrected chi connectivity index (χ2v) is 15.7. The molecule has 4 heteroatoms. The Labute approximate surface area is 264 Å². The van der Waals surface area contributed by atoms with Crippen LogP contribution in [0.3, 0.4) is 0 Å². The van der Waals surface area contributed by atoms with Gasteiger partial charge in [0.05, 0.1) is 25.2 Å². The molecule has 43 heavy (non-hydrogen) atoms. The van der Waals surface area contributed by atoms with Crippen molar-refractivity contribution < 1.29 is 20.1 Å². The molecule has 0 aliphatic carbocycles. The number of aryl methyl sites for hydroxylation is 2. The van der Waals surface area contributed by atoms with E-state index in [-0.39, 0.29) is 21.7 Å². The van der Waals surface area contributed by atoms with Gasteiger partial charge >= 0.3 is 0 Å². The second kappa shape index (κ2) is 13.6. The first-order valence-corrected chi connectivity index (χ1v) is 16.6. The Morgan fingerprint density at radius 3 is 1.09 bits per heavy atom. The van der Waals surface area contributed by atoms with E-state index in [2.05, 4.69) is 121 Å². The van der Waals surface area contributed by atoms with Gasteiger partial charge in [-0.25, -0.2) is 0 Å². The van der Waals surface area contributed by atoms with E-state index in [9.17, 15) is 15.3 Å². The molecule has 0 amide bonds. The predicted octanol–water partition coefficient (Wildman–Crippen LogP) is 9.14. The molecule has 1 unspecified atom stereocenters. The number of hydrogen-bond acceptors (Lipinski definition) is 4. The minimum atomic E-state index is -1.32. The lowest BCUT2D eigenvalue weighted by Gasteiger charge is -2.44. The largest absolute Gasteiger partial charge is 0.484 e. The van der Waals surface area contributed by atoms with Crippen molar-refractivity contribution in [3.8, 4) is 5.75 Å². The lowest BCUT2D eigenvalue weighted by molar-refractivity contribution is -0.0763. The van der Waals surface area contributed by atoms with Crippen molar-refractivity contribution in [1.29, 1.82) is 0 Å². The smallest absolute Gasteiger partial charge is 0.137 e. The fraction of sp³-hybridized carbons (Fsp3) is 0.692. The Balaban J connectivity index is 3.28. The zero-order chi connectivity index (χ0) is 33.2. The summed E-state index contributed by atoms with van der Waals surface area (Å²) in [6.07, 6.45) is 2.84. The van der Waals surface area contributed by atoms with Gasteiger partial charge in [-0.3, -0.25) is 0 Å². The molecular formula is C39H64O4. The summed E-state index contributed by atoms with van der Waals surface area (Å²) in [6, 6.07) is 8.99. The van der Waals surface area contributed by atoms with Gasteiger partial charge < -0.3 is 20.1 Å². The fourth-order valence-corrected chi connectivity index (χ4v) is 5.87. The molecule has 0 bridgehead atoms. The van der Waals surface area contributed by atoms with Crippen LogP contribution in [0.1, 0.15) is 154 Å². The number of benzene rings is 2. The monoisotopic (exact) mass is 596 g/mol. The summed E-state index contributed by atoms with van der Waals surface area (Å²) >= 11 is 0. The molecular weight excluding hydrogens is 532 g/mol. The van der Waals surface area contributed by atoms with Crippen LogP contribution < -0.4 is 4.74 Å². The molecule has 0 radical (unpaired) electrons. The molecule has 0 aromatic heterocycles. The van der Waals surface area contributed by atoms with Crippen LogP contribution in [0.4, 0.5) is 0 Å². The zero-order valence-electron chi connectivity index (χ0n) is 30.1. The maximum Gasteiger partial charge on any atom is 0.137 e. The van der Waals surface area contributed by atoms with Crippen molar-refractivity contribution in [2.24, 2.45) is 5.41 Å². The number of rotatable bonds is 15. The van der Waals surface area contributed by atoms with Crippen LogP contribution in [0.25, 0.3) is 0 Å². The maximum atomic E-state index is 11.0. The molecule has 2 aromatic rings. The van der Waals surface area contributed by atoms with Gasteiger partial charge in [0, 0.05) is 16.7 Å². The number of aliphatic hydroxyl groups is 3. The van der Waals surface area contributed by atoms with E-state index >= 15 is 0 Å². The Morgan fingerprint density at radius 2 is 0.814 bits per heavy atom. The zero-order valence-corrected chi connectivity index (χ0v) is 30.1. The van der Waals surface area contributed by atoms with Gasteiger partial charge in [-0.05, 0) is 72.3 Å². The van der Waals surface area contributed by atoms with E-state index in [0.717, 1.165) is 59.3 Å². The molecule has 3 N–H and O–H groups in total. The highest BCUT2D eigenvalue weighted by Gasteiger charge is 2.47. The summed E-state index contributed by atoms with van der Waals surface area (Å²) in [7, 11) is 0. The van der Waals surface area contributed by atoms with Crippen LogP contribution in [0, 0.1) is 19.3 Å². The van der Waals surface area contributed by atoms with Crippen molar-refractivity contribution in [3.63, 3.8) is 0 Å². The standard InChI is InChI=1S/C39H64O4/c1-15-35(7,8)28-19-26(5)20-29(36(9,10)16-2)32(28)34(39(23-40,24-41)25-42)43-33-30(37(11,12)17-3)21-27(6)22-31(33)38(13,14)18-4/h19-22,34,40-42H,15-18,23-25H2,1-14H3. The summed E-state index contributed by atoms with van der Waals surface area (Å²) < 4.78 is 7.45. The summed E-state index contributed by atoms with van der Waals surface area (Å²) in [4.78, 5) is 0. The third-order valence-electron chi connectivity index (χ3n) is 11.0. The third kappa shape index (κ3) is 7.34. The highest BCUT2D eigenvalue weighted by molar-refractivity contribution is 5.53. The highest BCUT2D eigenvalue weighted by atomic mass is 16.5. The quantitative estimate of drug-likeness (QED) is 0.192. The SMILES string of the molecule is CCC(C)(C)c1cc(C)cc(C(C)(C)CC)c1OC(c1c(C(C)(C)CC)cc(C)cc1C(C)(C)CC)C(CO)(CO)CO.